The van der Waals surface area contributed by atoms with Crippen LogP contribution in [0.5, 0.6) is 0 Å². The molecular weight excluding hydrogens is 300 g/mol. The highest BCUT2D eigenvalue weighted by Gasteiger charge is 2.29. The van der Waals surface area contributed by atoms with E-state index < -0.39 is 17.6 Å². The van der Waals surface area contributed by atoms with Crippen molar-refractivity contribution in [2.24, 2.45) is 5.92 Å². The molecule has 1 amide bonds. The van der Waals surface area contributed by atoms with Crippen LogP contribution in [0.1, 0.15) is 23.2 Å². The molecule has 2 rings (SSSR count). The number of thioether (sulfide) groups is 1. The molecule has 1 aromatic carbocycles. The van der Waals surface area contributed by atoms with Gasteiger partial charge in [-0.25, -0.2) is 0 Å². The molecule has 0 bridgehead atoms. The van der Waals surface area contributed by atoms with Crippen LogP contribution in [0.25, 0.3) is 0 Å². The second-order valence-corrected chi connectivity index (χ2v) is 5.84. The van der Waals surface area contributed by atoms with Gasteiger partial charge in [0, 0.05) is 18.0 Å². The van der Waals surface area contributed by atoms with Crippen LogP contribution in [0, 0.1) is 5.92 Å². The fourth-order valence-corrected chi connectivity index (χ4v) is 3.01. The molecular formula is C14H15F2NO3S. The Morgan fingerprint density at radius 1 is 1.33 bits per heavy atom. The Bertz CT molecular complexity index is 539. The van der Waals surface area contributed by atoms with Gasteiger partial charge in [-0.3, -0.25) is 9.59 Å². The third-order valence-corrected chi connectivity index (χ3v) is 4.18. The van der Waals surface area contributed by atoms with Gasteiger partial charge in [-0.1, -0.05) is 23.9 Å². The third-order valence-electron chi connectivity index (χ3n) is 3.39. The van der Waals surface area contributed by atoms with Gasteiger partial charge in [0.15, 0.2) is 0 Å². The molecule has 1 N–H and O–H groups in total. The highest BCUT2D eigenvalue weighted by molar-refractivity contribution is 7.99. The quantitative estimate of drug-likeness (QED) is 0.868. The van der Waals surface area contributed by atoms with Crippen LogP contribution in [0.4, 0.5) is 8.78 Å². The number of hydrogen-bond acceptors (Lipinski definition) is 3. The number of alkyl halides is 2. The number of carboxylic acids is 1. The number of benzene rings is 1. The van der Waals surface area contributed by atoms with Crippen molar-refractivity contribution >= 4 is 23.6 Å². The highest BCUT2D eigenvalue weighted by Crippen LogP contribution is 2.30. The number of hydrogen-bond donors (Lipinski definition) is 1. The zero-order valence-electron chi connectivity index (χ0n) is 11.2. The Balaban J connectivity index is 2.18. The molecule has 1 aliphatic rings. The van der Waals surface area contributed by atoms with Gasteiger partial charge >= 0.3 is 5.97 Å². The average molecular weight is 315 g/mol. The summed E-state index contributed by atoms with van der Waals surface area (Å²) in [7, 11) is 0. The van der Waals surface area contributed by atoms with Crippen molar-refractivity contribution in [1.29, 1.82) is 0 Å². The number of carboxylic acid groups (broad SMARTS) is 1. The smallest absolute Gasteiger partial charge is 0.308 e. The topological polar surface area (TPSA) is 57.6 Å². The first-order valence-electron chi connectivity index (χ1n) is 6.55. The molecule has 0 radical (unpaired) electrons. The minimum atomic E-state index is -2.60. The summed E-state index contributed by atoms with van der Waals surface area (Å²) in [4.78, 5) is 25.1. The summed E-state index contributed by atoms with van der Waals surface area (Å²) >= 11 is 0.327. The van der Waals surface area contributed by atoms with E-state index in [-0.39, 0.29) is 22.9 Å². The Morgan fingerprint density at radius 2 is 2.05 bits per heavy atom. The maximum Gasteiger partial charge on any atom is 0.308 e. The molecule has 0 aliphatic carbocycles. The summed E-state index contributed by atoms with van der Waals surface area (Å²) in [5.74, 6) is -4.50. The summed E-state index contributed by atoms with van der Waals surface area (Å²) in [6, 6.07) is 6.18. The SMILES string of the molecule is O=C(O)C1CCCN(C(=O)c2ccccc2SC(F)F)C1. The number of halogens is 2. The third kappa shape index (κ3) is 3.93. The van der Waals surface area contributed by atoms with E-state index in [0.29, 0.717) is 31.1 Å². The van der Waals surface area contributed by atoms with E-state index in [4.69, 9.17) is 5.11 Å². The van der Waals surface area contributed by atoms with Crippen molar-refractivity contribution < 1.29 is 23.5 Å². The summed E-state index contributed by atoms with van der Waals surface area (Å²) in [5, 5.41) is 9.04. The second-order valence-electron chi connectivity index (χ2n) is 4.80. The van der Waals surface area contributed by atoms with Crippen molar-refractivity contribution in [3.05, 3.63) is 29.8 Å². The van der Waals surface area contributed by atoms with Crippen molar-refractivity contribution in [2.75, 3.05) is 13.1 Å². The predicted octanol–water partition coefficient (Wildman–Crippen LogP) is 2.94. The van der Waals surface area contributed by atoms with Gasteiger partial charge in [-0.15, -0.1) is 0 Å². The minimum absolute atomic E-state index is 0.127. The van der Waals surface area contributed by atoms with Gasteiger partial charge in [0.2, 0.25) is 0 Å². The molecule has 1 fully saturated rings. The predicted molar refractivity (Wildman–Crippen MR) is 74.6 cm³/mol. The van der Waals surface area contributed by atoms with Crippen LogP contribution < -0.4 is 0 Å². The number of carbonyl (C=O) groups is 2. The Morgan fingerprint density at radius 3 is 2.71 bits per heavy atom. The normalized spacial score (nSPS) is 18.8. The lowest BCUT2D eigenvalue weighted by Gasteiger charge is -2.31. The van der Waals surface area contributed by atoms with Crippen molar-refractivity contribution in [3.63, 3.8) is 0 Å². The van der Waals surface area contributed by atoms with Gasteiger partial charge in [0.1, 0.15) is 0 Å². The molecule has 1 saturated heterocycles. The molecule has 1 atom stereocenters. The molecule has 1 aliphatic heterocycles. The van der Waals surface area contributed by atoms with Gasteiger partial charge in [0.05, 0.1) is 11.5 Å². The molecule has 114 valence electrons. The number of piperidine rings is 1. The summed E-state index contributed by atoms with van der Waals surface area (Å²) < 4.78 is 25.1. The van der Waals surface area contributed by atoms with Crippen LogP contribution in [0.15, 0.2) is 29.2 Å². The zero-order valence-corrected chi connectivity index (χ0v) is 12.0. The average Bonchev–Trinajstić information content (AvgIpc) is 2.46. The first-order chi connectivity index (χ1) is 9.99. The van der Waals surface area contributed by atoms with Crippen molar-refractivity contribution in [2.45, 2.75) is 23.5 Å². The van der Waals surface area contributed by atoms with E-state index in [9.17, 15) is 18.4 Å². The van der Waals surface area contributed by atoms with Crippen LogP contribution in [0.3, 0.4) is 0 Å². The molecule has 0 spiro atoms. The maximum absolute atomic E-state index is 12.5. The molecule has 4 nitrogen and oxygen atoms in total. The molecule has 7 heteroatoms. The van der Waals surface area contributed by atoms with Crippen LogP contribution >= 0.6 is 11.8 Å². The van der Waals surface area contributed by atoms with E-state index in [1.165, 1.54) is 17.0 Å². The van der Waals surface area contributed by atoms with Gasteiger partial charge in [-0.05, 0) is 25.0 Å². The van der Waals surface area contributed by atoms with E-state index in [2.05, 4.69) is 0 Å². The number of nitrogens with zero attached hydrogens (tertiary/aromatic N) is 1. The van der Waals surface area contributed by atoms with E-state index in [0.717, 1.165) is 0 Å². The monoisotopic (exact) mass is 315 g/mol. The molecule has 0 saturated carbocycles. The van der Waals surface area contributed by atoms with Gasteiger partial charge in [-0.2, -0.15) is 8.78 Å². The number of rotatable bonds is 4. The van der Waals surface area contributed by atoms with E-state index >= 15 is 0 Å². The van der Waals surface area contributed by atoms with Crippen LogP contribution in [0.2, 0.25) is 0 Å². The number of aliphatic carboxylic acids is 1. The van der Waals surface area contributed by atoms with Crippen molar-refractivity contribution in [1.82, 2.24) is 4.90 Å². The molecule has 0 aromatic heterocycles. The number of likely N-dealkylation sites (tertiary alicyclic amines) is 1. The standard InChI is InChI=1S/C14H15F2NO3S/c15-14(16)21-11-6-2-1-5-10(11)12(18)17-7-3-4-9(8-17)13(19)20/h1-2,5-6,9,14H,3-4,7-8H2,(H,19,20). The minimum Gasteiger partial charge on any atom is -0.481 e. The number of carbonyl (C=O) groups excluding carboxylic acids is 1. The summed E-state index contributed by atoms with van der Waals surface area (Å²) in [5.41, 5.74) is 0.203. The van der Waals surface area contributed by atoms with Gasteiger partial charge in [0.25, 0.3) is 11.7 Å². The van der Waals surface area contributed by atoms with Crippen LogP contribution in [-0.2, 0) is 4.79 Å². The van der Waals surface area contributed by atoms with E-state index in [1.54, 1.807) is 12.1 Å². The first-order valence-corrected chi connectivity index (χ1v) is 7.43. The van der Waals surface area contributed by atoms with Gasteiger partial charge < -0.3 is 10.0 Å². The number of amides is 1. The highest BCUT2D eigenvalue weighted by atomic mass is 32.2. The molecule has 1 heterocycles. The second kappa shape index (κ2) is 6.89. The zero-order chi connectivity index (χ0) is 15.4. The maximum atomic E-state index is 12.5. The lowest BCUT2D eigenvalue weighted by molar-refractivity contribution is -0.143. The first kappa shape index (κ1) is 15.8. The van der Waals surface area contributed by atoms with E-state index in [1.807, 2.05) is 0 Å². The summed E-state index contributed by atoms with van der Waals surface area (Å²) in [6.45, 7) is 0.581. The lowest BCUT2D eigenvalue weighted by Crippen LogP contribution is -2.42. The fraction of sp³-hybridized carbons (Fsp3) is 0.429. The molecule has 21 heavy (non-hydrogen) atoms. The lowest BCUT2D eigenvalue weighted by atomic mass is 9.97. The molecule has 1 aromatic rings. The molecule has 1 unspecified atom stereocenters. The van der Waals surface area contributed by atoms with Crippen LogP contribution in [-0.4, -0.2) is 40.7 Å². The summed E-state index contributed by atoms with van der Waals surface area (Å²) in [6.07, 6.45) is 1.14. The Kier molecular flexibility index (Phi) is 5.17. The fourth-order valence-electron chi connectivity index (χ4n) is 2.38. The van der Waals surface area contributed by atoms with Crippen molar-refractivity contribution in [3.8, 4) is 0 Å². The Labute approximate surface area is 125 Å². The largest absolute Gasteiger partial charge is 0.481 e. The Hall–Kier alpha value is -1.63.